The number of benzene rings is 1. The fraction of sp³-hybridized carbons (Fsp3) is 0.647. The van der Waals surface area contributed by atoms with Gasteiger partial charge < -0.3 is 9.84 Å². The molecule has 0 aliphatic heterocycles. The van der Waals surface area contributed by atoms with E-state index in [2.05, 4.69) is 45.9 Å². The molecule has 1 aliphatic carbocycles. The molecule has 1 fully saturated rings. The van der Waals surface area contributed by atoms with E-state index in [4.69, 9.17) is 4.74 Å². The lowest BCUT2D eigenvalue weighted by atomic mass is 9.86. The predicted molar refractivity (Wildman–Crippen MR) is 78.8 cm³/mol. The molecule has 1 aromatic carbocycles. The van der Waals surface area contributed by atoms with Gasteiger partial charge in [0.15, 0.2) is 0 Å². The van der Waals surface area contributed by atoms with E-state index in [1.807, 2.05) is 0 Å². The molecule has 0 amide bonds. The van der Waals surface area contributed by atoms with Crippen molar-refractivity contribution in [3.8, 4) is 5.75 Å². The zero-order chi connectivity index (χ0) is 14.0. The third kappa shape index (κ3) is 3.50. The van der Waals surface area contributed by atoms with Crippen LogP contribution in [0, 0.1) is 6.92 Å². The van der Waals surface area contributed by atoms with E-state index in [0.717, 1.165) is 37.0 Å². The van der Waals surface area contributed by atoms with Crippen molar-refractivity contribution in [1.29, 1.82) is 0 Å². The summed E-state index contributed by atoms with van der Waals surface area (Å²) in [5, 5.41) is 9.98. The van der Waals surface area contributed by atoms with Gasteiger partial charge in [-0.2, -0.15) is 0 Å². The highest BCUT2D eigenvalue weighted by Gasteiger charge is 2.25. The van der Waals surface area contributed by atoms with Crippen LogP contribution in [0.15, 0.2) is 18.2 Å². The Hall–Kier alpha value is -1.02. The van der Waals surface area contributed by atoms with E-state index in [1.165, 1.54) is 5.56 Å². The first-order valence-electron chi connectivity index (χ1n) is 7.34. The van der Waals surface area contributed by atoms with Gasteiger partial charge in [-0.15, -0.1) is 0 Å². The Kier molecular flexibility index (Phi) is 4.19. The summed E-state index contributed by atoms with van der Waals surface area (Å²) in [4.78, 5) is 0. The van der Waals surface area contributed by atoms with E-state index in [0.29, 0.717) is 0 Å². The molecule has 0 saturated heterocycles. The van der Waals surface area contributed by atoms with Gasteiger partial charge in [-0.05, 0) is 48.8 Å². The summed E-state index contributed by atoms with van der Waals surface area (Å²) in [6.07, 6.45) is 3.75. The summed E-state index contributed by atoms with van der Waals surface area (Å²) in [5.74, 6) is 0.916. The van der Waals surface area contributed by atoms with Gasteiger partial charge in [0, 0.05) is 0 Å². The normalized spacial score (nSPS) is 24.3. The molecule has 1 aromatic rings. The number of rotatable bonds is 2. The first kappa shape index (κ1) is 14.4. The molecule has 0 radical (unpaired) electrons. The molecule has 2 nitrogen and oxygen atoms in total. The summed E-state index contributed by atoms with van der Waals surface area (Å²) in [7, 11) is 0. The molecule has 2 heteroatoms. The number of aliphatic hydroxyl groups excluding tert-OH is 1. The van der Waals surface area contributed by atoms with Crippen molar-refractivity contribution in [3.63, 3.8) is 0 Å². The molecule has 1 saturated carbocycles. The predicted octanol–water partition coefficient (Wildman–Crippen LogP) is 3.97. The van der Waals surface area contributed by atoms with Crippen LogP contribution in [0.3, 0.4) is 0 Å². The van der Waals surface area contributed by atoms with Crippen LogP contribution in [-0.4, -0.2) is 17.3 Å². The SMILES string of the molecule is Cc1cc(C(C)(C)C)ccc1O[C@H]1CCCC[C@@H]1O. The monoisotopic (exact) mass is 262 g/mol. The number of hydrogen-bond donors (Lipinski definition) is 1. The second-order valence-corrected chi connectivity index (χ2v) is 6.74. The average Bonchev–Trinajstić information content (AvgIpc) is 2.33. The summed E-state index contributed by atoms with van der Waals surface area (Å²) < 4.78 is 6.02. The lowest BCUT2D eigenvalue weighted by Gasteiger charge is -2.29. The summed E-state index contributed by atoms with van der Waals surface area (Å²) in [6, 6.07) is 6.39. The minimum atomic E-state index is -0.310. The molecule has 19 heavy (non-hydrogen) atoms. The van der Waals surface area contributed by atoms with Gasteiger partial charge in [0.1, 0.15) is 11.9 Å². The molecule has 106 valence electrons. The van der Waals surface area contributed by atoms with E-state index in [-0.39, 0.29) is 17.6 Å². The van der Waals surface area contributed by atoms with E-state index >= 15 is 0 Å². The number of ether oxygens (including phenoxy) is 1. The maximum atomic E-state index is 9.98. The Morgan fingerprint density at radius 2 is 1.84 bits per heavy atom. The Balaban J connectivity index is 2.13. The molecule has 0 spiro atoms. The number of hydrogen-bond acceptors (Lipinski definition) is 2. The van der Waals surface area contributed by atoms with Gasteiger partial charge in [0.05, 0.1) is 6.10 Å². The highest BCUT2D eigenvalue weighted by Crippen LogP contribution is 2.30. The average molecular weight is 262 g/mol. The number of aliphatic hydroxyl groups is 1. The minimum absolute atomic E-state index is 0.0343. The van der Waals surface area contributed by atoms with Crippen molar-refractivity contribution in [3.05, 3.63) is 29.3 Å². The summed E-state index contributed by atoms with van der Waals surface area (Å²) in [6.45, 7) is 8.73. The molecule has 0 aromatic heterocycles. The van der Waals surface area contributed by atoms with E-state index < -0.39 is 0 Å². The first-order chi connectivity index (χ1) is 8.88. The van der Waals surface area contributed by atoms with Gasteiger partial charge in [-0.1, -0.05) is 39.3 Å². The molecule has 0 unspecified atom stereocenters. The number of aryl methyl sites for hydroxylation is 1. The molecular weight excluding hydrogens is 236 g/mol. The highest BCUT2D eigenvalue weighted by atomic mass is 16.5. The van der Waals surface area contributed by atoms with Crippen molar-refractivity contribution in [2.45, 2.75) is 71.0 Å². The third-order valence-corrected chi connectivity index (χ3v) is 3.99. The zero-order valence-electron chi connectivity index (χ0n) is 12.6. The van der Waals surface area contributed by atoms with Crippen LogP contribution in [-0.2, 0) is 5.41 Å². The van der Waals surface area contributed by atoms with E-state index in [1.54, 1.807) is 0 Å². The molecule has 1 aliphatic rings. The fourth-order valence-electron chi connectivity index (χ4n) is 2.63. The van der Waals surface area contributed by atoms with Crippen LogP contribution in [0.25, 0.3) is 0 Å². The minimum Gasteiger partial charge on any atom is -0.487 e. The standard InChI is InChI=1S/C17H26O2/c1-12-11-13(17(2,3)4)9-10-15(12)19-16-8-6-5-7-14(16)18/h9-11,14,16,18H,5-8H2,1-4H3/t14-,16-/m0/s1. The summed E-state index contributed by atoms with van der Waals surface area (Å²) >= 11 is 0. The molecular formula is C17H26O2. The highest BCUT2D eigenvalue weighted by molar-refractivity contribution is 5.38. The molecule has 1 N–H and O–H groups in total. The lowest BCUT2D eigenvalue weighted by Crippen LogP contribution is -2.34. The smallest absolute Gasteiger partial charge is 0.124 e. The summed E-state index contributed by atoms with van der Waals surface area (Å²) in [5.41, 5.74) is 2.64. The zero-order valence-corrected chi connectivity index (χ0v) is 12.6. The Morgan fingerprint density at radius 3 is 2.42 bits per heavy atom. The van der Waals surface area contributed by atoms with Crippen LogP contribution >= 0.6 is 0 Å². The topological polar surface area (TPSA) is 29.5 Å². The molecule has 2 rings (SSSR count). The Morgan fingerprint density at radius 1 is 1.16 bits per heavy atom. The van der Waals surface area contributed by atoms with Crippen molar-refractivity contribution in [2.75, 3.05) is 0 Å². The van der Waals surface area contributed by atoms with E-state index in [9.17, 15) is 5.11 Å². The van der Waals surface area contributed by atoms with Gasteiger partial charge in [-0.3, -0.25) is 0 Å². The maximum absolute atomic E-state index is 9.98. The van der Waals surface area contributed by atoms with Gasteiger partial charge in [0.25, 0.3) is 0 Å². The van der Waals surface area contributed by atoms with Crippen molar-refractivity contribution >= 4 is 0 Å². The second kappa shape index (κ2) is 5.54. The van der Waals surface area contributed by atoms with Crippen LogP contribution in [0.2, 0.25) is 0 Å². The molecule has 0 heterocycles. The second-order valence-electron chi connectivity index (χ2n) is 6.74. The lowest BCUT2D eigenvalue weighted by molar-refractivity contribution is 0.00653. The van der Waals surface area contributed by atoms with Gasteiger partial charge >= 0.3 is 0 Å². The van der Waals surface area contributed by atoms with Crippen LogP contribution in [0.4, 0.5) is 0 Å². The van der Waals surface area contributed by atoms with Gasteiger partial charge in [0.2, 0.25) is 0 Å². The van der Waals surface area contributed by atoms with Crippen LogP contribution in [0.1, 0.15) is 57.6 Å². The first-order valence-corrected chi connectivity index (χ1v) is 7.34. The van der Waals surface area contributed by atoms with Crippen molar-refractivity contribution in [2.24, 2.45) is 0 Å². The largest absolute Gasteiger partial charge is 0.487 e. The maximum Gasteiger partial charge on any atom is 0.124 e. The van der Waals surface area contributed by atoms with Crippen molar-refractivity contribution < 1.29 is 9.84 Å². The van der Waals surface area contributed by atoms with Crippen molar-refractivity contribution in [1.82, 2.24) is 0 Å². The van der Waals surface area contributed by atoms with Crippen LogP contribution < -0.4 is 4.74 Å². The molecule has 0 bridgehead atoms. The van der Waals surface area contributed by atoms with Gasteiger partial charge in [-0.25, -0.2) is 0 Å². The fourth-order valence-corrected chi connectivity index (χ4v) is 2.63. The quantitative estimate of drug-likeness (QED) is 0.873. The Labute approximate surface area is 116 Å². The third-order valence-electron chi connectivity index (χ3n) is 3.99. The molecule has 2 atom stereocenters. The van der Waals surface area contributed by atoms with Crippen LogP contribution in [0.5, 0.6) is 5.75 Å². The Bertz CT molecular complexity index is 431.